The maximum absolute atomic E-state index is 5.10. The first-order valence-corrected chi connectivity index (χ1v) is 13.1. The van der Waals surface area contributed by atoms with Crippen molar-refractivity contribution in [2.24, 2.45) is 4.99 Å². The average molecular weight is 423 g/mol. The summed E-state index contributed by atoms with van der Waals surface area (Å²) >= 11 is 3.69. The molecule has 0 aliphatic carbocycles. The molecule has 0 aromatic rings. The Bertz CT molecular complexity index is 416. The van der Waals surface area contributed by atoms with Crippen molar-refractivity contribution in [3.05, 3.63) is 0 Å². The van der Waals surface area contributed by atoms with Crippen LogP contribution in [0.4, 0.5) is 0 Å². The zero-order valence-electron chi connectivity index (χ0n) is 18.0. The van der Waals surface area contributed by atoms with E-state index in [0.717, 1.165) is 0 Å². The third-order valence-corrected chi connectivity index (χ3v) is 11.3. The molecule has 0 saturated heterocycles. The summed E-state index contributed by atoms with van der Waals surface area (Å²) in [7, 11) is 4.26. The van der Waals surface area contributed by atoms with Crippen molar-refractivity contribution in [3.8, 4) is 0 Å². The number of hydrogen-bond acceptors (Lipinski definition) is 3. The molecule has 0 heterocycles. The normalized spacial score (nSPS) is 14.4. The quantitative estimate of drug-likeness (QED) is 0.249. The second kappa shape index (κ2) is 9.88. The Hall–Kier alpha value is 0.339. The molecule has 0 rings (SSSR count). The number of aliphatic imine (C=N–C) groups is 1. The molecule has 0 spiro atoms. The molecule has 0 bridgehead atoms. The summed E-state index contributed by atoms with van der Waals surface area (Å²) in [5.41, 5.74) is 1.20. The summed E-state index contributed by atoms with van der Waals surface area (Å²) < 4.78 is 5.32. The van der Waals surface area contributed by atoms with Crippen molar-refractivity contribution >= 4 is 26.5 Å². The summed E-state index contributed by atoms with van der Waals surface area (Å²) in [4.78, 5) is 7.32. The predicted molar refractivity (Wildman–Crippen MR) is 113 cm³/mol. The van der Waals surface area contributed by atoms with Crippen LogP contribution in [0.1, 0.15) is 69.2 Å². The molecule has 4 nitrogen and oxygen atoms in total. The zero-order valence-corrected chi connectivity index (χ0v) is 20.6. The van der Waals surface area contributed by atoms with Gasteiger partial charge in [0.1, 0.15) is 0 Å². The second-order valence-corrected chi connectivity index (χ2v) is 13.7. The Morgan fingerprint density at radius 3 is 1.17 bits per heavy atom. The fourth-order valence-electron chi connectivity index (χ4n) is 3.45. The third kappa shape index (κ3) is 5.67. The number of hydrogen-bond donors (Lipinski definition) is 0. The summed E-state index contributed by atoms with van der Waals surface area (Å²) in [5.74, 6) is -1.92. The summed E-state index contributed by atoms with van der Waals surface area (Å²) in [6.07, 6.45) is 0. The van der Waals surface area contributed by atoms with E-state index >= 15 is 0 Å². The van der Waals surface area contributed by atoms with Gasteiger partial charge in [0, 0.05) is 0 Å². The molecule has 0 saturated carbocycles. The van der Waals surface area contributed by atoms with Gasteiger partial charge in [-0.1, -0.05) is 0 Å². The van der Waals surface area contributed by atoms with Crippen LogP contribution in [0.3, 0.4) is 0 Å². The van der Waals surface area contributed by atoms with E-state index in [0.29, 0.717) is 24.2 Å². The van der Waals surface area contributed by atoms with E-state index in [2.05, 4.69) is 113 Å². The Labute approximate surface area is 159 Å². The van der Waals surface area contributed by atoms with E-state index in [1.165, 1.54) is 5.58 Å². The predicted octanol–water partition coefficient (Wildman–Crippen LogP) is 4.48. The molecular formula is C18H41N4PSe. The first kappa shape index (κ1) is 24.3. The first-order chi connectivity index (χ1) is 10.8. The van der Waals surface area contributed by atoms with Crippen molar-refractivity contribution < 1.29 is 0 Å². The molecular weight excluding hydrogens is 382 g/mol. The van der Waals surface area contributed by atoms with Gasteiger partial charge in [0.15, 0.2) is 0 Å². The zero-order chi connectivity index (χ0) is 19.4. The van der Waals surface area contributed by atoms with Crippen LogP contribution < -0.4 is 0 Å². The van der Waals surface area contributed by atoms with E-state index in [1.54, 1.807) is 0 Å². The SMILES string of the molecule is CC(C)N=C(N(C)C)P(=[Se])(N(C(C)C)C(C)C)N(C(C)C)C(C)C. The van der Waals surface area contributed by atoms with Crippen molar-refractivity contribution in [1.82, 2.24) is 14.2 Å². The van der Waals surface area contributed by atoms with Crippen molar-refractivity contribution in [3.63, 3.8) is 0 Å². The summed E-state index contributed by atoms with van der Waals surface area (Å²) in [6.45, 7) is 22.7. The molecule has 0 aliphatic rings. The van der Waals surface area contributed by atoms with Crippen LogP contribution in [0.15, 0.2) is 4.99 Å². The Kier molecular flexibility index (Phi) is 10.0. The van der Waals surface area contributed by atoms with E-state index < -0.39 is 5.81 Å². The summed E-state index contributed by atoms with van der Waals surface area (Å²) in [6, 6.07) is 2.04. The number of nitrogens with zero attached hydrogens (tertiary/aromatic N) is 4. The van der Waals surface area contributed by atoms with E-state index in [1.807, 2.05) is 0 Å². The van der Waals surface area contributed by atoms with Crippen LogP contribution >= 0.6 is 5.81 Å². The molecule has 0 amide bonds. The second-order valence-electron chi connectivity index (χ2n) is 8.10. The molecule has 0 aromatic heterocycles. The van der Waals surface area contributed by atoms with Gasteiger partial charge in [-0.2, -0.15) is 0 Å². The first-order valence-electron chi connectivity index (χ1n) is 9.21. The van der Waals surface area contributed by atoms with Gasteiger partial charge in [0.05, 0.1) is 0 Å². The van der Waals surface area contributed by atoms with E-state index in [-0.39, 0.29) is 6.04 Å². The molecule has 6 heteroatoms. The van der Waals surface area contributed by atoms with Crippen molar-refractivity contribution in [2.75, 3.05) is 14.1 Å². The third-order valence-electron chi connectivity index (χ3n) is 3.78. The maximum atomic E-state index is 5.10. The van der Waals surface area contributed by atoms with Crippen LogP contribution in [0.2, 0.25) is 0 Å². The van der Waals surface area contributed by atoms with E-state index in [9.17, 15) is 0 Å². The Balaban J connectivity index is 6.73. The van der Waals surface area contributed by atoms with Gasteiger partial charge in [0.2, 0.25) is 0 Å². The number of amidine groups is 1. The minimum atomic E-state index is -1.92. The number of rotatable bonds is 8. The van der Waals surface area contributed by atoms with E-state index in [4.69, 9.17) is 4.99 Å². The molecule has 0 unspecified atom stereocenters. The fourth-order valence-corrected chi connectivity index (χ4v) is 13.6. The fraction of sp³-hybridized carbons (Fsp3) is 0.944. The van der Waals surface area contributed by atoms with Gasteiger partial charge < -0.3 is 0 Å². The van der Waals surface area contributed by atoms with Crippen LogP contribution in [0, 0.1) is 0 Å². The van der Waals surface area contributed by atoms with Crippen LogP contribution in [-0.4, -0.2) is 79.2 Å². The van der Waals surface area contributed by atoms with Gasteiger partial charge in [-0.15, -0.1) is 0 Å². The molecule has 0 aromatic carbocycles. The molecule has 144 valence electrons. The Morgan fingerprint density at radius 2 is 1.00 bits per heavy atom. The van der Waals surface area contributed by atoms with Gasteiger partial charge in [-0.25, -0.2) is 0 Å². The summed E-state index contributed by atoms with van der Waals surface area (Å²) in [5, 5.41) is 0. The van der Waals surface area contributed by atoms with Crippen LogP contribution in [0.5, 0.6) is 0 Å². The molecule has 0 atom stereocenters. The van der Waals surface area contributed by atoms with Gasteiger partial charge in [-0.05, 0) is 0 Å². The van der Waals surface area contributed by atoms with Crippen molar-refractivity contribution in [1.29, 1.82) is 0 Å². The molecule has 0 N–H and O–H groups in total. The van der Waals surface area contributed by atoms with Gasteiger partial charge in [0.25, 0.3) is 0 Å². The van der Waals surface area contributed by atoms with Crippen LogP contribution in [0.25, 0.3) is 0 Å². The van der Waals surface area contributed by atoms with Gasteiger partial charge in [-0.3, -0.25) is 0 Å². The minimum absolute atomic E-state index is 0.275. The van der Waals surface area contributed by atoms with Crippen LogP contribution in [-0.2, 0) is 0 Å². The van der Waals surface area contributed by atoms with Gasteiger partial charge >= 0.3 is 159 Å². The molecule has 0 radical (unpaired) electrons. The Morgan fingerprint density at radius 1 is 0.708 bits per heavy atom. The molecule has 0 fully saturated rings. The standard InChI is InChI=1S/C18H41N4PSe/c1-13(2)19-18(20(11)12)23(24,21(14(3)4)15(5)6)22(16(7)8)17(9)10/h13-17H,1-12H3. The topological polar surface area (TPSA) is 22.1 Å². The monoisotopic (exact) mass is 424 g/mol. The molecule has 0 aliphatic heterocycles. The van der Waals surface area contributed by atoms with Crippen molar-refractivity contribution in [2.45, 2.75) is 99.4 Å². The average Bonchev–Trinajstić information content (AvgIpc) is 2.32. The molecule has 24 heavy (non-hydrogen) atoms.